The molecule has 5 aromatic rings. The molecule has 30 heavy (non-hydrogen) atoms. The number of hydrogen-bond acceptors (Lipinski definition) is 4. The first kappa shape index (κ1) is 17.8. The summed E-state index contributed by atoms with van der Waals surface area (Å²) in [6.45, 7) is 0. The van der Waals surface area contributed by atoms with E-state index >= 15 is 0 Å². The highest BCUT2D eigenvalue weighted by atomic mass is 19.1. The van der Waals surface area contributed by atoms with Gasteiger partial charge < -0.3 is 11.1 Å². The van der Waals surface area contributed by atoms with Crippen molar-refractivity contribution in [1.82, 2.24) is 14.5 Å². The molecule has 5 rings (SSSR count). The molecule has 7 heteroatoms. The van der Waals surface area contributed by atoms with Crippen LogP contribution in [0.15, 0.2) is 78.9 Å². The molecule has 0 unspecified atom stereocenters. The van der Waals surface area contributed by atoms with Crippen LogP contribution in [-0.2, 0) is 0 Å². The largest absolute Gasteiger partial charge is 0.384 e. The number of carbonyl (C=O) groups is 1. The summed E-state index contributed by atoms with van der Waals surface area (Å²) in [5.41, 5.74) is 9.91. The third-order valence-corrected chi connectivity index (χ3v) is 4.82. The number of nitrogens with one attached hydrogen (secondary N) is 1. The fourth-order valence-corrected chi connectivity index (χ4v) is 3.48. The van der Waals surface area contributed by atoms with Gasteiger partial charge in [-0.25, -0.2) is 14.4 Å². The van der Waals surface area contributed by atoms with E-state index in [1.165, 1.54) is 18.2 Å². The topological polar surface area (TPSA) is 85.8 Å². The van der Waals surface area contributed by atoms with Crippen molar-refractivity contribution in [3.05, 3.63) is 90.2 Å². The maximum atomic E-state index is 13.5. The molecule has 0 saturated heterocycles. The molecule has 0 aliphatic rings. The molecule has 0 bridgehead atoms. The number of aromatic nitrogens is 3. The van der Waals surface area contributed by atoms with E-state index in [-0.39, 0.29) is 11.4 Å². The molecule has 0 fully saturated rings. The lowest BCUT2D eigenvalue weighted by molar-refractivity contribution is 0.102. The summed E-state index contributed by atoms with van der Waals surface area (Å²) in [5, 5.41) is 2.70. The number of halogens is 1. The second kappa shape index (κ2) is 6.97. The summed E-state index contributed by atoms with van der Waals surface area (Å²) < 4.78 is 15.3. The zero-order valence-corrected chi connectivity index (χ0v) is 15.7. The number of nitrogens with zero attached hydrogens (tertiary/aromatic N) is 3. The van der Waals surface area contributed by atoms with E-state index in [2.05, 4.69) is 10.3 Å². The van der Waals surface area contributed by atoms with Gasteiger partial charge in [0.15, 0.2) is 5.65 Å². The van der Waals surface area contributed by atoms with Crippen LogP contribution in [0.3, 0.4) is 0 Å². The van der Waals surface area contributed by atoms with Gasteiger partial charge in [-0.05, 0) is 42.5 Å². The number of rotatable bonds is 3. The normalized spacial score (nSPS) is 11.1. The third-order valence-electron chi connectivity index (χ3n) is 4.82. The van der Waals surface area contributed by atoms with E-state index in [4.69, 9.17) is 10.7 Å². The highest BCUT2D eigenvalue weighted by Gasteiger charge is 2.25. The van der Waals surface area contributed by atoms with E-state index < -0.39 is 11.7 Å². The number of para-hydroxylation sites is 3. The fourth-order valence-electron chi connectivity index (χ4n) is 3.48. The molecule has 0 radical (unpaired) electrons. The Bertz CT molecular complexity index is 1410. The summed E-state index contributed by atoms with van der Waals surface area (Å²) in [5.74, 6) is -0.721. The molecule has 2 heterocycles. The van der Waals surface area contributed by atoms with Crippen LogP contribution >= 0.6 is 0 Å². The SMILES string of the molecule is Nc1c(C(=O)Nc2cccc(F)c2)c2nc3ccccc3nc2n1-c1ccccc1. The number of nitrogen functional groups attached to an aromatic ring is 1. The van der Waals surface area contributed by atoms with Crippen LogP contribution in [0.1, 0.15) is 10.4 Å². The second-order valence-electron chi connectivity index (χ2n) is 6.78. The number of benzene rings is 3. The van der Waals surface area contributed by atoms with Crippen molar-refractivity contribution in [1.29, 1.82) is 0 Å². The van der Waals surface area contributed by atoms with Crippen LogP contribution in [0.2, 0.25) is 0 Å². The number of amides is 1. The summed E-state index contributed by atoms with van der Waals surface area (Å²) in [6.07, 6.45) is 0. The number of carbonyl (C=O) groups excluding carboxylic acids is 1. The second-order valence-corrected chi connectivity index (χ2v) is 6.78. The Labute approximate surface area is 170 Å². The molecule has 0 atom stereocenters. The van der Waals surface area contributed by atoms with Crippen molar-refractivity contribution in [3.63, 3.8) is 0 Å². The smallest absolute Gasteiger partial charge is 0.261 e. The molecule has 6 nitrogen and oxygen atoms in total. The Kier molecular flexibility index (Phi) is 4.14. The molecule has 0 saturated carbocycles. The van der Waals surface area contributed by atoms with Crippen LogP contribution in [0.5, 0.6) is 0 Å². The number of fused-ring (bicyclic) bond motifs is 2. The standard InChI is InChI=1S/C23H16FN5O/c24-14-7-6-8-15(13-14)26-23(30)19-20-22(28-18-12-5-4-11-17(18)27-20)29(21(19)25)16-9-2-1-3-10-16/h1-13H,25H2,(H,26,30). The first-order chi connectivity index (χ1) is 14.6. The van der Waals surface area contributed by atoms with Gasteiger partial charge >= 0.3 is 0 Å². The maximum absolute atomic E-state index is 13.5. The molecular weight excluding hydrogens is 381 g/mol. The van der Waals surface area contributed by atoms with Gasteiger partial charge in [-0.3, -0.25) is 9.36 Å². The van der Waals surface area contributed by atoms with Crippen molar-refractivity contribution in [3.8, 4) is 5.69 Å². The zero-order valence-electron chi connectivity index (χ0n) is 15.7. The van der Waals surface area contributed by atoms with Gasteiger partial charge in [-0.2, -0.15) is 0 Å². The van der Waals surface area contributed by atoms with Crippen LogP contribution in [0.4, 0.5) is 15.9 Å². The molecule has 146 valence electrons. The first-order valence-corrected chi connectivity index (χ1v) is 9.31. The van der Waals surface area contributed by atoms with Crippen molar-refractivity contribution in [2.75, 3.05) is 11.1 Å². The van der Waals surface area contributed by atoms with E-state index in [1.807, 2.05) is 54.6 Å². The lowest BCUT2D eigenvalue weighted by Crippen LogP contribution is -2.14. The molecule has 0 aliphatic heterocycles. The Morgan fingerprint density at radius 2 is 1.60 bits per heavy atom. The fraction of sp³-hybridized carbons (Fsp3) is 0. The minimum absolute atomic E-state index is 0.191. The number of anilines is 2. The summed E-state index contributed by atoms with van der Waals surface area (Å²) in [7, 11) is 0. The molecule has 0 spiro atoms. The Hall–Kier alpha value is -4.26. The maximum Gasteiger partial charge on any atom is 0.261 e. The van der Waals surface area contributed by atoms with Gasteiger partial charge in [-0.1, -0.05) is 36.4 Å². The lowest BCUT2D eigenvalue weighted by Gasteiger charge is -2.08. The van der Waals surface area contributed by atoms with E-state index in [9.17, 15) is 9.18 Å². The van der Waals surface area contributed by atoms with Crippen LogP contribution in [0.25, 0.3) is 27.9 Å². The van der Waals surface area contributed by atoms with E-state index in [0.717, 1.165) is 5.69 Å². The highest BCUT2D eigenvalue weighted by Crippen LogP contribution is 2.31. The van der Waals surface area contributed by atoms with Crippen LogP contribution in [0, 0.1) is 5.82 Å². The number of hydrogen-bond donors (Lipinski definition) is 2. The average molecular weight is 397 g/mol. The van der Waals surface area contributed by atoms with Crippen molar-refractivity contribution >= 4 is 39.6 Å². The van der Waals surface area contributed by atoms with Gasteiger partial charge in [-0.15, -0.1) is 0 Å². The van der Waals surface area contributed by atoms with Gasteiger partial charge in [0.25, 0.3) is 5.91 Å². The monoisotopic (exact) mass is 397 g/mol. The first-order valence-electron chi connectivity index (χ1n) is 9.31. The average Bonchev–Trinajstić information content (AvgIpc) is 3.03. The van der Waals surface area contributed by atoms with Crippen molar-refractivity contribution < 1.29 is 9.18 Å². The van der Waals surface area contributed by atoms with Gasteiger partial charge in [0, 0.05) is 11.4 Å². The molecule has 3 aromatic carbocycles. The highest BCUT2D eigenvalue weighted by molar-refractivity contribution is 6.16. The third kappa shape index (κ3) is 2.93. The molecule has 3 N–H and O–H groups in total. The van der Waals surface area contributed by atoms with Crippen LogP contribution in [-0.4, -0.2) is 20.4 Å². The van der Waals surface area contributed by atoms with E-state index in [1.54, 1.807) is 10.6 Å². The minimum Gasteiger partial charge on any atom is -0.384 e. The predicted molar refractivity (Wildman–Crippen MR) is 115 cm³/mol. The Morgan fingerprint density at radius 1 is 0.900 bits per heavy atom. The summed E-state index contributed by atoms with van der Waals surface area (Å²) in [4.78, 5) is 22.5. The predicted octanol–water partition coefficient (Wildman–Crippen LogP) is 4.55. The molecular formula is C23H16FN5O. The Morgan fingerprint density at radius 3 is 2.33 bits per heavy atom. The lowest BCUT2D eigenvalue weighted by atomic mass is 10.2. The quantitative estimate of drug-likeness (QED) is 0.468. The van der Waals surface area contributed by atoms with Crippen molar-refractivity contribution in [2.45, 2.75) is 0 Å². The summed E-state index contributed by atoms with van der Waals surface area (Å²) in [6, 6.07) is 22.5. The van der Waals surface area contributed by atoms with Gasteiger partial charge in [0.2, 0.25) is 0 Å². The van der Waals surface area contributed by atoms with E-state index in [0.29, 0.717) is 27.9 Å². The minimum atomic E-state index is -0.484. The van der Waals surface area contributed by atoms with Gasteiger partial charge in [0.1, 0.15) is 22.7 Å². The molecule has 0 aliphatic carbocycles. The van der Waals surface area contributed by atoms with Gasteiger partial charge in [0.05, 0.1) is 11.0 Å². The van der Waals surface area contributed by atoms with Crippen molar-refractivity contribution in [2.24, 2.45) is 0 Å². The Balaban J connectivity index is 1.75. The van der Waals surface area contributed by atoms with Crippen LogP contribution < -0.4 is 11.1 Å². The molecule has 1 amide bonds. The molecule has 2 aromatic heterocycles. The summed E-state index contributed by atoms with van der Waals surface area (Å²) >= 11 is 0. The zero-order chi connectivity index (χ0) is 20.7. The number of nitrogens with two attached hydrogens (primary N) is 1.